The highest BCUT2D eigenvalue weighted by atomic mass is 16.2. The summed E-state index contributed by atoms with van der Waals surface area (Å²) < 4.78 is 0. The zero-order chi connectivity index (χ0) is 14.3. The molecule has 1 rings (SSSR count). The zero-order valence-electron chi connectivity index (χ0n) is 11.6. The molecule has 0 fully saturated rings. The van der Waals surface area contributed by atoms with Gasteiger partial charge in [-0.15, -0.1) is 0 Å². The largest absolute Gasteiger partial charge is 0.355 e. The highest BCUT2D eigenvalue weighted by molar-refractivity contribution is 5.93. The second-order valence-electron chi connectivity index (χ2n) is 4.59. The summed E-state index contributed by atoms with van der Waals surface area (Å²) in [5, 5.41) is 8.42. The van der Waals surface area contributed by atoms with Crippen molar-refractivity contribution in [1.29, 1.82) is 0 Å². The molecule has 0 saturated heterocycles. The summed E-state index contributed by atoms with van der Waals surface area (Å²) in [6.07, 6.45) is 0. The van der Waals surface area contributed by atoms with E-state index in [9.17, 15) is 9.59 Å². The number of nitrogens with one attached hydrogen (secondary N) is 3. The van der Waals surface area contributed by atoms with Crippen LogP contribution in [0.1, 0.15) is 29.8 Å². The molecule has 1 aromatic carbocycles. The van der Waals surface area contributed by atoms with Gasteiger partial charge in [0.25, 0.3) is 5.91 Å². The van der Waals surface area contributed by atoms with Gasteiger partial charge in [-0.2, -0.15) is 0 Å². The Kier molecular flexibility index (Phi) is 6.02. The molecule has 0 unspecified atom stereocenters. The van der Waals surface area contributed by atoms with Crippen LogP contribution in [0.5, 0.6) is 0 Å². The van der Waals surface area contributed by atoms with E-state index in [1.54, 1.807) is 19.2 Å². The highest BCUT2D eigenvalue weighted by Crippen LogP contribution is 2.04. The quantitative estimate of drug-likeness (QED) is 0.706. The van der Waals surface area contributed by atoms with Gasteiger partial charge in [-0.05, 0) is 17.7 Å². The third-order valence-corrected chi connectivity index (χ3v) is 2.60. The Morgan fingerprint density at radius 2 is 1.79 bits per heavy atom. The normalized spacial score (nSPS) is 10.3. The highest BCUT2D eigenvalue weighted by Gasteiger charge is 2.04. The van der Waals surface area contributed by atoms with Gasteiger partial charge in [-0.25, -0.2) is 0 Å². The lowest BCUT2D eigenvalue weighted by Gasteiger charge is -2.09. The molecular weight excluding hydrogens is 242 g/mol. The van der Waals surface area contributed by atoms with Gasteiger partial charge in [0, 0.05) is 25.2 Å². The molecule has 3 N–H and O–H groups in total. The van der Waals surface area contributed by atoms with Gasteiger partial charge >= 0.3 is 0 Å². The molecule has 5 heteroatoms. The van der Waals surface area contributed by atoms with E-state index < -0.39 is 0 Å². The van der Waals surface area contributed by atoms with Crippen LogP contribution in [-0.2, 0) is 11.3 Å². The Labute approximate surface area is 113 Å². The molecule has 0 aliphatic heterocycles. The first-order valence-corrected chi connectivity index (χ1v) is 6.34. The van der Waals surface area contributed by atoms with Crippen molar-refractivity contribution in [2.45, 2.75) is 26.4 Å². The Hall–Kier alpha value is -1.88. The fourth-order valence-electron chi connectivity index (χ4n) is 1.48. The number of amides is 2. The molecule has 0 aromatic heterocycles. The lowest BCUT2D eigenvalue weighted by atomic mass is 10.1. The van der Waals surface area contributed by atoms with E-state index in [0.29, 0.717) is 18.7 Å². The topological polar surface area (TPSA) is 70.2 Å². The van der Waals surface area contributed by atoms with Gasteiger partial charge in [0.2, 0.25) is 5.91 Å². The van der Waals surface area contributed by atoms with Gasteiger partial charge in [-0.1, -0.05) is 26.0 Å². The van der Waals surface area contributed by atoms with Gasteiger partial charge in [0.1, 0.15) is 0 Å². The van der Waals surface area contributed by atoms with Crippen molar-refractivity contribution in [2.24, 2.45) is 0 Å². The van der Waals surface area contributed by atoms with Crippen LogP contribution >= 0.6 is 0 Å². The monoisotopic (exact) mass is 263 g/mol. The summed E-state index contributed by atoms with van der Waals surface area (Å²) in [4.78, 5) is 22.9. The average molecular weight is 263 g/mol. The third kappa shape index (κ3) is 5.52. The van der Waals surface area contributed by atoms with Crippen LogP contribution in [0, 0.1) is 0 Å². The van der Waals surface area contributed by atoms with Crippen molar-refractivity contribution in [2.75, 3.05) is 13.6 Å². The summed E-state index contributed by atoms with van der Waals surface area (Å²) in [6, 6.07) is 7.44. The van der Waals surface area contributed by atoms with Crippen LogP contribution in [0.2, 0.25) is 0 Å². The lowest BCUT2D eigenvalue weighted by Crippen LogP contribution is -2.36. The first-order valence-electron chi connectivity index (χ1n) is 6.34. The number of carbonyl (C=O) groups excluding carboxylic acids is 2. The van der Waals surface area contributed by atoms with E-state index in [0.717, 1.165) is 5.56 Å². The van der Waals surface area contributed by atoms with Crippen molar-refractivity contribution < 1.29 is 9.59 Å². The predicted octanol–water partition coefficient (Wildman–Crippen LogP) is 0.660. The number of benzene rings is 1. The Bertz CT molecular complexity index is 427. The molecule has 0 spiro atoms. The maximum atomic E-state index is 11.5. The third-order valence-electron chi connectivity index (χ3n) is 2.60. The molecule has 0 saturated carbocycles. The molecule has 0 atom stereocenters. The summed E-state index contributed by atoms with van der Waals surface area (Å²) in [5.41, 5.74) is 1.57. The van der Waals surface area contributed by atoms with Crippen LogP contribution in [0.3, 0.4) is 0 Å². The number of rotatable bonds is 6. The van der Waals surface area contributed by atoms with Gasteiger partial charge < -0.3 is 16.0 Å². The Morgan fingerprint density at radius 1 is 1.16 bits per heavy atom. The molecule has 0 heterocycles. The number of hydrogen-bond acceptors (Lipinski definition) is 3. The molecule has 2 amide bonds. The van der Waals surface area contributed by atoms with E-state index in [1.807, 2.05) is 26.0 Å². The molecule has 104 valence electrons. The smallest absolute Gasteiger partial charge is 0.251 e. The minimum Gasteiger partial charge on any atom is -0.355 e. The van der Waals surface area contributed by atoms with E-state index >= 15 is 0 Å². The number of hydrogen-bond donors (Lipinski definition) is 3. The van der Waals surface area contributed by atoms with Gasteiger partial charge in [0.05, 0.1) is 6.54 Å². The summed E-state index contributed by atoms with van der Waals surface area (Å²) in [5.74, 6) is -0.152. The van der Waals surface area contributed by atoms with E-state index in [4.69, 9.17) is 0 Å². The standard InChI is InChI=1S/C14H21N3O2/c1-10(2)16-9-13(18)17-8-11-4-6-12(7-5-11)14(19)15-3/h4-7,10,16H,8-9H2,1-3H3,(H,15,19)(H,17,18). The van der Waals surface area contributed by atoms with Crippen LogP contribution < -0.4 is 16.0 Å². The minimum absolute atomic E-state index is 0.0379. The minimum atomic E-state index is -0.114. The fourth-order valence-corrected chi connectivity index (χ4v) is 1.48. The second kappa shape index (κ2) is 7.53. The first-order chi connectivity index (χ1) is 9.02. The molecule has 19 heavy (non-hydrogen) atoms. The van der Waals surface area contributed by atoms with Crippen LogP contribution in [0.25, 0.3) is 0 Å². The SMILES string of the molecule is CNC(=O)c1ccc(CNC(=O)CNC(C)C)cc1. The lowest BCUT2D eigenvalue weighted by molar-refractivity contribution is -0.120. The maximum Gasteiger partial charge on any atom is 0.251 e. The van der Waals surface area contributed by atoms with E-state index in [1.165, 1.54) is 0 Å². The fraction of sp³-hybridized carbons (Fsp3) is 0.429. The van der Waals surface area contributed by atoms with Gasteiger partial charge in [-0.3, -0.25) is 9.59 Å². The predicted molar refractivity (Wildman–Crippen MR) is 74.8 cm³/mol. The van der Waals surface area contributed by atoms with Crippen molar-refractivity contribution in [3.05, 3.63) is 35.4 Å². The molecule has 0 aliphatic carbocycles. The van der Waals surface area contributed by atoms with Crippen LogP contribution in [0.15, 0.2) is 24.3 Å². The summed E-state index contributed by atoms with van der Waals surface area (Å²) in [6.45, 7) is 4.76. The first kappa shape index (κ1) is 15.2. The van der Waals surface area contributed by atoms with Crippen LogP contribution in [0.4, 0.5) is 0 Å². The zero-order valence-corrected chi connectivity index (χ0v) is 11.6. The van der Waals surface area contributed by atoms with Crippen LogP contribution in [-0.4, -0.2) is 31.4 Å². The summed E-state index contributed by atoms with van der Waals surface area (Å²) >= 11 is 0. The van der Waals surface area contributed by atoms with Crippen molar-refractivity contribution >= 4 is 11.8 Å². The van der Waals surface area contributed by atoms with E-state index in [-0.39, 0.29) is 17.9 Å². The molecule has 0 bridgehead atoms. The Morgan fingerprint density at radius 3 is 2.32 bits per heavy atom. The molecule has 5 nitrogen and oxygen atoms in total. The molecule has 1 aromatic rings. The van der Waals surface area contributed by atoms with E-state index in [2.05, 4.69) is 16.0 Å². The second-order valence-corrected chi connectivity index (χ2v) is 4.59. The van der Waals surface area contributed by atoms with Gasteiger partial charge in [0.15, 0.2) is 0 Å². The molecular formula is C14H21N3O2. The Balaban J connectivity index is 2.41. The van der Waals surface area contributed by atoms with Crippen molar-refractivity contribution in [1.82, 2.24) is 16.0 Å². The van der Waals surface area contributed by atoms with Crippen molar-refractivity contribution in [3.8, 4) is 0 Å². The molecule has 0 radical (unpaired) electrons. The number of carbonyl (C=O) groups is 2. The maximum absolute atomic E-state index is 11.5. The molecule has 0 aliphatic rings. The average Bonchev–Trinajstić information content (AvgIpc) is 2.42. The van der Waals surface area contributed by atoms with Crippen molar-refractivity contribution in [3.63, 3.8) is 0 Å². The summed E-state index contributed by atoms with van der Waals surface area (Å²) in [7, 11) is 1.60.